The molecule has 0 aliphatic carbocycles. The summed E-state index contributed by atoms with van der Waals surface area (Å²) in [5.74, 6) is -0.545. The molecule has 0 spiro atoms. The first-order valence-corrected chi connectivity index (χ1v) is 7.54. The van der Waals surface area contributed by atoms with E-state index in [-0.39, 0.29) is 23.3 Å². The lowest BCUT2D eigenvalue weighted by atomic mass is 9.82. The van der Waals surface area contributed by atoms with E-state index in [1.54, 1.807) is 24.1 Å². The lowest BCUT2D eigenvalue weighted by Crippen LogP contribution is -2.41. The molecule has 116 valence electrons. The van der Waals surface area contributed by atoms with Crippen molar-refractivity contribution in [3.05, 3.63) is 34.6 Å². The molecule has 0 N–H and O–H groups in total. The first kappa shape index (κ1) is 16.2. The van der Waals surface area contributed by atoms with E-state index in [9.17, 15) is 9.18 Å². The van der Waals surface area contributed by atoms with E-state index in [0.717, 1.165) is 26.1 Å². The first-order valence-electron chi connectivity index (χ1n) is 7.16. The van der Waals surface area contributed by atoms with Gasteiger partial charge in [-0.25, -0.2) is 4.39 Å². The molecule has 21 heavy (non-hydrogen) atoms. The van der Waals surface area contributed by atoms with Gasteiger partial charge in [0, 0.05) is 37.4 Å². The maximum absolute atomic E-state index is 13.7. The zero-order valence-electron chi connectivity index (χ0n) is 12.5. The molecule has 1 amide bonds. The van der Waals surface area contributed by atoms with Gasteiger partial charge in [-0.15, -0.1) is 0 Å². The molecule has 3 nitrogen and oxygen atoms in total. The summed E-state index contributed by atoms with van der Waals surface area (Å²) in [6.45, 7) is 4.28. The Bertz CT molecular complexity index is 495. The number of amides is 1. The van der Waals surface area contributed by atoms with Crippen molar-refractivity contribution in [1.29, 1.82) is 0 Å². The smallest absolute Gasteiger partial charge is 0.226 e. The van der Waals surface area contributed by atoms with E-state index in [0.29, 0.717) is 11.6 Å². The first-order chi connectivity index (χ1) is 9.91. The van der Waals surface area contributed by atoms with Crippen molar-refractivity contribution in [2.45, 2.75) is 26.2 Å². The quantitative estimate of drug-likeness (QED) is 0.853. The molecule has 1 heterocycles. The van der Waals surface area contributed by atoms with E-state index < -0.39 is 5.82 Å². The van der Waals surface area contributed by atoms with Gasteiger partial charge in [-0.1, -0.05) is 24.6 Å². The standard InChI is InChI=1S/C16H21ClFNO2/c1-16(6-8-21-9-7-16)11-19(2)15(20)10-12-13(17)4-3-5-14(12)18/h3-5H,6-11H2,1-2H3. The van der Waals surface area contributed by atoms with Crippen LogP contribution in [0.4, 0.5) is 4.39 Å². The van der Waals surface area contributed by atoms with Crippen molar-refractivity contribution in [3.63, 3.8) is 0 Å². The Balaban J connectivity index is 1.99. The molecule has 1 aliphatic heterocycles. The average Bonchev–Trinajstić information content (AvgIpc) is 2.43. The van der Waals surface area contributed by atoms with Crippen LogP contribution in [-0.2, 0) is 16.0 Å². The SMILES string of the molecule is CN(CC1(C)CCOCC1)C(=O)Cc1c(F)cccc1Cl. The molecule has 0 saturated carbocycles. The van der Waals surface area contributed by atoms with Crippen LogP contribution in [-0.4, -0.2) is 37.6 Å². The maximum Gasteiger partial charge on any atom is 0.226 e. The molecule has 0 unspecified atom stereocenters. The Morgan fingerprint density at radius 2 is 2.10 bits per heavy atom. The minimum Gasteiger partial charge on any atom is -0.381 e. The van der Waals surface area contributed by atoms with E-state index in [1.165, 1.54) is 6.07 Å². The Morgan fingerprint density at radius 1 is 1.43 bits per heavy atom. The molecule has 1 fully saturated rings. The van der Waals surface area contributed by atoms with E-state index in [1.807, 2.05) is 0 Å². The normalized spacial score (nSPS) is 17.5. The molecule has 0 bridgehead atoms. The molecular weight excluding hydrogens is 293 g/mol. The predicted octanol–water partition coefficient (Wildman–Crippen LogP) is 3.30. The van der Waals surface area contributed by atoms with Crippen LogP contribution in [0, 0.1) is 11.2 Å². The van der Waals surface area contributed by atoms with Gasteiger partial charge in [0.25, 0.3) is 0 Å². The molecule has 0 aromatic heterocycles. The number of hydrogen-bond donors (Lipinski definition) is 0. The van der Waals surface area contributed by atoms with Crippen LogP contribution < -0.4 is 0 Å². The fraction of sp³-hybridized carbons (Fsp3) is 0.562. The summed E-state index contributed by atoms with van der Waals surface area (Å²) in [7, 11) is 1.76. The van der Waals surface area contributed by atoms with Crippen LogP contribution in [0.15, 0.2) is 18.2 Å². The van der Waals surface area contributed by atoms with Gasteiger partial charge in [0.05, 0.1) is 6.42 Å². The molecule has 0 atom stereocenters. The van der Waals surface area contributed by atoms with Gasteiger partial charge in [0.1, 0.15) is 5.82 Å². The minimum absolute atomic E-state index is 0.00537. The third-order valence-corrected chi connectivity index (χ3v) is 4.49. The number of halogens is 2. The lowest BCUT2D eigenvalue weighted by Gasteiger charge is -2.36. The van der Waals surface area contributed by atoms with Gasteiger partial charge in [-0.3, -0.25) is 4.79 Å². The highest BCUT2D eigenvalue weighted by Crippen LogP contribution is 2.30. The Kier molecular flexibility index (Phi) is 5.22. The van der Waals surface area contributed by atoms with Crippen molar-refractivity contribution >= 4 is 17.5 Å². The zero-order chi connectivity index (χ0) is 15.5. The molecule has 1 aromatic rings. The van der Waals surface area contributed by atoms with Crippen LogP contribution >= 0.6 is 11.6 Å². The predicted molar refractivity (Wildman–Crippen MR) is 80.9 cm³/mol. The minimum atomic E-state index is -0.429. The average molecular weight is 314 g/mol. The van der Waals surface area contributed by atoms with Crippen LogP contribution in [0.3, 0.4) is 0 Å². The van der Waals surface area contributed by atoms with E-state index in [4.69, 9.17) is 16.3 Å². The topological polar surface area (TPSA) is 29.5 Å². The Hall–Kier alpha value is -1.13. The van der Waals surface area contributed by atoms with Crippen molar-refractivity contribution in [3.8, 4) is 0 Å². The number of benzene rings is 1. The maximum atomic E-state index is 13.7. The summed E-state index contributed by atoms with van der Waals surface area (Å²) in [4.78, 5) is 14.0. The fourth-order valence-corrected chi connectivity index (χ4v) is 2.90. The number of nitrogens with zero attached hydrogens (tertiary/aromatic N) is 1. The third kappa shape index (κ3) is 4.17. The number of rotatable bonds is 4. The van der Waals surface area contributed by atoms with E-state index in [2.05, 4.69) is 6.92 Å². The summed E-state index contributed by atoms with van der Waals surface area (Å²) in [6.07, 6.45) is 1.87. The van der Waals surface area contributed by atoms with Crippen molar-refractivity contribution < 1.29 is 13.9 Å². The molecule has 5 heteroatoms. The number of hydrogen-bond acceptors (Lipinski definition) is 2. The second kappa shape index (κ2) is 6.75. The second-order valence-electron chi connectivity index (χ2n) is 6.05. The molecule has 0 radical (unpaired) electrons. The summed E-state index contributed by atoms with van der Waals surface area (Å²) in [5.41, 5.74) is 0.343. The van der Waals surface area contributed by atoms with Crippen LogP contribution in [0.1, 0.15) is 25.3 Å². The van der Waals surface area contributed by atoms with Crippen LogP contribution in [0.25, 0.3) is 0 Å². The van der Waals surface area contributed by atoms with Gasteiger partial charge in [0.15, 0.2) is 0 Å². The summed E-state index contributed by atoms with van der Waals surface area (Å²) in [5, 5.41) is 0.300. The van der Waals surface area contributed by atoms with Gasteiger partial charge < -0.3 is 9.64 Å². The zero-order valence-corrected chi connectivity index (χ0v) is 13.3. The summed E-state index contributed by atoms with van der Waals surface area (Å²) >= 11 is 5.97. The third-order valence-electron chi connectivity index (χ3n) is 4.13. The molecule has 2 rings (SSSR count). The summed E-state index contributed by atoms with van der Waals surface area (Å²) < 4.78 is 19.1. The van der Waals surface area contributed by atoms with Gasteiger partial charge in [-0.05, 0) is 30.4 Å². The van der Waals surface area contributed by atoms with Gasteiger partial charge >= 0.3 is 0 Å². The van der Waals surface area contributed by atoms with Crippen molar-refractivity contribution in [2.24, 2.45) is 5.41 Å². The molecule has 1 aliphatic rings. The highest BCUT2D eigenvalue weighted by molar-refractivity contribution is 6.31. The number of carbonyl (C=O) groups is 1. The Morgan fingerprint density at radius 3 is 2.71 bits per heavy atom. The van der Waals surface area contributed by atoms with Crippen LogP contribution in [0.2, 0.25) is 5.02 Å². The molecular formula is C16H21ClFNO2. The van der Waals surface area contributed by atoms with Gasteiger partial charge in [-0.2, -0.15) is 0 Å². The molecule has 1 saturated heterocycles. The highest BCUT2D eigenvalue weighted by atomic mass is 35.5. The van der Waals surface area contributed by atoms with Crippen molar-refractivity contribution in [2.75, 3.05) is 26.8 Å². The summed E-state index contributed by atoms with van der Waals surface area (Å²) in [6, 6.07) is 4.47. The number of likely N-dealkylation sites (N-methyl/N-ethyl adjacent to an activating group) is 1. The monoisotopic (exact) mass is 313 g/mol. The Labute approximate surface area is 130 Å². The number of ether oxygens (including phenoxy) is 1. The van der Waals surface area contributed by atoms with Gasteiger partial charge in [0.2, 0.25) is 5.91 Å². The lowest BCUT2D eigenvalue weighted by molar-refractivity contribution is -0.131. The number of carbonyl (C=O) groups excluding carboxylic acids is 1. The fourth-order valence-electron chi connectivity index (χ4n) is 2.67. The van der Waals surface area contributed by atoms with E-state index >= 15 is 0 Å². The van der Waals surface area contributed by atoms with Crippen LogP contribution in [0.5, 0.6) is 0 Å². The second-order valence-corrected chi connectivity index (χ2v) is 6.46. The largest absolute Gasteiger partial charge is 0.381 e. The molecule has 1 aromatic carbocycles. The highest BCUT2D eigenvalue weighted by Gasteiger charge is 2.30. The van der Waals surface area contributed by atoms with Crippen molar-refractivity contribution in [1.82, 2.24) is 4.90 Å².